The number of carbonyl (C=O) groups excluding carboxylic acids is 1. The van der Waals surface area contributed by atoms with Gasteiger partial charge in [0.25, 0.3) is 0 Å². The lowest BCUT2D eigenvalue weighted by Crippen LogP contribution is -2.44. The topological polar surface area (TPSA) is 51.0 Å². The van der Waals surface area contributed by atoms with Gasteiger partial charge in [-0.15, -0.1) is 10.2 Å². The van der Waals surface area contributed by atoms with Gasteiger partial charge in [0.1, 0.15) is 0 Å². The third kappa shape index (κ3) is 3.64. The SMILES string of the molecule is CCC1CCCCN1C(=O)CSc1nnc(-c2ccccc2)n1C. The van der Waals surface area contributed by atoms with Gasteiger partial charge in [-0.25, -0.2) is 0 Å². The first-order valence-corrected chi connectivity index (χ1v) is 9.56. The summed E-state index contributed by atoms with van der Waals surface area (Å²) in [6.07, 6.45) is 4.53. The second kappa shape index (κ2) is 7.83. The Balaban J connectivity index is 1.65. The van der Waals surface area contributed by atoms with Crippen molar-refractivity contribution in [2.75, 3.05) is 12.3 Å². The monoisotopic (exact) mass is 344 g/mol. The number of likely N-dealkylation sites (tertiary alicyclic amines) is 1. The molecule has 2 aromatic rings. The summed E-state index contributed by atoms with van der Waals surface area (Å²) in [4.78, 5) is 14.6. The molecule has 1 saturated heterocycles. The standard InChI is InChI=1S/C18H24N4OS/c1-3-15-11-7-8-12-22(15)16(23)13-24-18-20-19-17(21(18)2)14-9-5-4-6-10-14/h4-6,9-10,15H,3,7-8,11-13H2,1-2H3. The van der Waals surface area contributed by atoms with Crippen LogP contribution in [0.4, 0.5) is 0 Å². The van der Waals surface area contributed by atoms with Gasteiger partial charge in [0.05, 0.1) is 5.75 Å². The molecule has 0 saturated carbocycles. The number of aromatic nitrogens is 3. The summed E-state index contributed by atoms with van der Waals surface area (Å²) in [5, 5.41) is 9.31. The number of benzene rings is 1. The maximum Gasteiger partial charge on any atom is 0.233 e. The summed E-state index contributed by atoms with van der Waals surface area (Å²) in [5.41, 5.74) is 1.03. The zero-order chi connectivity index (χ0) is 16.9. The van der Waals surface area contributed by atoms with E-state index in [1.54, 1.807) is 0 Å². The highest BCUT2D eigenvalue weighted by Crippen LogP contribution is 2.24. The van der Waals surface area contributed by atoms with Crippen LogP contribution >= 0.6 is 11.8 Å². The smallest absolute Gasteiger partial charge is 0.233 e. The van der Waals surface area contributed by atoms with Crippen LogP contribution in [0.2, 0.25) is 0 Å². The number of carbonyl (C=O) groups is 1. The van der Waals surface area contributed by atoms with Gasteiger partial charge in [0.15, 0.2) is 11.0 Å². The van der Waals surface area contributed by atoms with Gasteiger partial charge < -0.3 is 9.47 Å². The van der Waals surface area contributed by atoms with Crippen molar-refractivity contribution < 1.29 is 4.79 Å². The van der Waals surface area contributed by atoms with Gasteiger partial charge >= 0.3 is 0 Å². The van der Waals surface area contributed by atoms with E-state index in [1.807, 2.05) is 41.9 Å². The Labute approximate surface area is 147 Å². The van der Waals surface area contributed by atoms with E-state index in [1.165, 1.54) is 18.2 Å². The normalized spacial score (nSPS) is 17.9. The van der Waals surface area contributed by atoms with Crippen LogP contribution < -0.4 is 0 Å². The molecule has 1 aromatic carbocycles. The lowest BCUT2D eigenvalue weighted by atomic mass is 10.0. The molecule has 0 aliphatic carbocycles. The maximum atomic E-state index is 12.6. The molecule has 1 unspecified atom stereocenters. The number of hydrogen-bond donors (Lipinski definition) is 0. The highest BCUT2D eigenvalue weighted by atomic mass is 32.2. The molecule has 128 valence electrons. The molecule has 1 fully saturated rings. The van der Waals surface area contributed by atoms with Crippen molar-refractivity contribution >= 4 is 17.7 Å². The molecule has 0 bridgehead atoms. The predicted octanol–water partition coefficient (Wildman–Crippen LogP) is 3.37. The lowest BCUT2D eigenvalue weighted by Gasteiger charge is -2.35. The van der Waals surface area contributed by atoms with Gasteiger partial charge in [-0.2, -0.15) is 0 Å². The molecule has 0 spiro atoms. The first-order chi connectivity index (χ1) is 11.7. The van der Waals surface area contributed by atoms with E-state index < -0.39 is 0 Å². The highest BCUT2D eigenvalue weighted by molar-refractivity contribution is 7.99. The van der Waals surface area contributed by atoms with Crippen LogP contribution in [0.15, 0.2) is 35.5 Å². The molecule has 5 nitrogen and oxygen atoms in total. The van der Waals surface area contributed by atoms with E-state index in [0.717, 1.165) is 42.4 Å². The fourth-order valence-corrected chi connectivity index (χ4v) is 4.04. The van der Waals surface area contributed by atoms with Crippen LogP contribution in [-0.4, -0.2) is 43.9 Å². The minimum atomic E-state index is 0.218. The van der Waals surface area contributed by atoms with Crippen molar-refractivity contribution in [2.45, 2.75) is 43.8 Å². The molecule has 1 amide bonds. The number of piperidine rings is 1. The largest absolute Gasteiger partial charge is 0.339 e. The third-order valence-corrected chi connectivity index (χ3v) is 5.62. The molecule has 1 aromatic heterocycles. The Hall–Kier alpha value is -1.82. The van der Waals surface area contributed by atoms with E-state index >= 15 is 0 Å². The van der Waals surface area contributed by atoms with Gasteiger partial charge in [-0.3, -0.25) is 4.79 Å². The Bertz CT molecular complexity index is 686. The van der Waals surface area contributed by atoms with E-state index in [4.69, 9.17) is 0 Å². The summed E-state index contributed by atoms with van der Waals surface area (Å²) < 4.78 is 1.96. The van der Waals surface area contributed by atoms with Crippen molar-refractivity contribution in [1.82, 2.24) is 19.7 Å². The summed E-state index contributed by atoms with van der Waals surface area (Å²) in [5.74, 6) is 1.47. The fourth-order valence-electron chi connectivity index (χ4n) is 3.24. The molecule has 24 heavy (non-hydrogen) atoms. The van der Waals surface area contributed by atoms with Crippen molar-refractivity contribution in [1.29, 1.82) is 0 Å². The zero-order valence-corrected chi connectivity index (χ0v) is 15.1. The maximum absolute atomic E-state index is 12.6. The average molecular weight is 344 g/mol. The number of amides is 1. The van der Waals surface area contributed by atoms with E-state index in [2.05, 4.69) is 22.0 Å². The number of rotatable bonds is 5. The summed E-state index contributed by atoms with van der Waals surface area (Å²) >= 11 is 1.47. The second-order valence-corrected chi connectivity index (χ2v) is 7.11. The Morgan fingerprint density at radius 2 is 2.04 bits per heavy atom. The first kappa shape index (κ1) is 17.0. The van der Waals surface area contributed by atoms with Gasteiger partial charge in [0, 0.05) is 25.2 Å². The van der Waals surface area contributed by atoms with Crippen molar-refractivity contribution in [3.05, 3.63) is 30.3 Å². The van der Waals surface area contributed by atoms with Crippen molar-refractivity contribution in [2.24, 2.45) is 7.05 Å². The summed E-state index contributed by atoms with van der Waals surface area (Å²) in [7, 11) is 1.95. The Kier molecular flexibility index (Phi) is 5.56. The zero-order valence-electron chi connectivity index (χ0n) is 14.3. The Morgan fingerprint density at radius 3 is 2.79 bits per heavy atom. The number of hydrogen-bond acceptors (Lipinski definition) is 4. The van der Waals surface area contributed by atoms with Crippen LogP contribution in [0.3, 0.4) is 0 Å². The van der Waals surface area contributed by atoms with Gasteiger partial charge in [-0.1, -0.05) is 49.0 Å². The highest BCUT2D eigenvalue weighted by Gasteiger charge is 2.25. The molecule has 2 heterocycles. The number of nitrogens with zero attached hydrogens (tertiary/aromatic N) is 4. The van der Waals surface area contributed by atoms with E-state index in [-0.39, 0.29) is 5.91 Å². The number of thioether (sulfide) groups is 1. The molecule has 1 aliphatic rings. The molecule has 6 heteroatoms. The fraction of sp³-hybridized carbons (Fsp3) is 0.500. The van der Waals surface area contributed by atoms with Crippen LogP contribution in [0.1, 0.15) is 32.6 Å². The molecular weight excluding hydrogens is 320 g/mol. The minimum absolute atomic E-state index is 0.218. The molecule has 0 radical (unpaired) electrons. The van der Waals surface area contributed by atoms with Gasteiger partial charge in [0.2, 0.25) is 5.91 Å². The van der Waals surface area contributed by atoms with Gasteiger partial charge in [-0.05, 0) is 25.7 Å². The quantitative estimate of drug-likeness (QED) is 0.781. The summed E-state index contributed by atoms with van der Waals surface area (Å²) in [6.45, 7) is 3.06. The lowest BCUT2D eigenvalue weighted by molar-refractivity contribution is -0.132. The van der Waals surface area contributed by atoms with Crippen molar-refractivity contribution in [3.63, 3.8) is 0 Å². The van der Waals surface area contributed by atoms with E-state index in [9.17, 15) is 4.79 Å². The third-order valence-electron chi connectivity index (χ3n) is 4.61. The van der Waals surface area contributed by atoms with Crippen LogP contribution in [-0.2, 0) is 11.8 Å². The van der Waals surface area contributed by atoms with Crippen molar-refractivity contribution in [3.8, 4) is 11.4 Å². The predicted molar refractivity (Wildman–Crippen MR) is 96.8 cm³/mol. The van der Waals surface area contributed by atoms with Crippen LogP contribution in [0.25, 0.3) is 11.4 Å². The molecule has 0 N–H and O–H groups in total. The van der Waals surface area contributed by atoms with Crippen LogP contribution in [0, 0.1) is 0 Å². The summed E-state index contributed by atoms with van der Waals surface area (Å²) in [6, 6.07) is 10.4. The molecule has 1 aliphatic heterocycles. The Morgan fingerprint density at radius 1 is 1.25 bits per heavy atom. The average Bonchev–Trinajstić information content (AvgIpc) is 3.01. The molecule has 1 atom stereocenters. The molecular formula is C18H24N4OS. The first-order valence-electron chi connectivity index (χ1n) is 8.57. The minimum Gasteiger partial charge on any atom is -0.339 e. The second-order valence-electron chi connectivity index (χ2n) is 6.16. The van der Waals surface area contributed by atoms with Crippen LogP contribution in [0.5, 0.6) is 0 Å². The molecule has 3 rings (SSSR count). The van der Waals surface area contributed by atoms with E-state index in [0.29, 0.717) is 11.8 Å².